The van der Waals surface area contributed by atoms with Gasteiger partial charge in [0.2, 0.25) is 11.6 Å². The van der Waals surface area contributed by atoms with Gasteiger partial charge in [-0.05, 0) is 30.7 Å². The van der Waals surface area contributed by atoms with E-state index >= 15 is 0 Å². The molecular formula is C18H23FN6O2. The lowest BCUT2D eigenvalue weighted by molar-refractivity contribution is -0.383. The molecule has 144 valence electrons. The number of aromatic nitrogens is 2. The third-order valence-electron chi connectivity index (χ3n) is 4.58. The molecule has 0 bridgehead atoms. The molecule has 1 fully saturated rings. The molecule has 0 aliphatic carbocycles. The number of anilines is 3. The van der Waals surface area contributed by atoms with E-state index in [9.17, 15) is 14.5 Å². The van der Waals surface area contributed by atoms with E-state index in [4.69, 9.17) is 0 Å². The smallest absolute Gasteiger partial charge is 0.353 e. The zero-order valence-electron chi connectivity index (χ0n) is 15.3. The van der Waals surface area contributed by atoms with Crippen LogP contribution in [0.3, 0.4) is 0 Å². The summed E-state index contributed by atoms with van der Waals surface area (Å²) in [4.78, 5) is 23.5. The summed E-state index contributed by atoms with van der Waals surface area (Å²) in [5.74, 6) is 0.337. The zero-order valence-corrected chi connectivity index (χ0v) is 15.3. The molecule has 0 atom stereocenters. The highest BCUT2D eigenvalue weighted by Crippen LogP contribution is 2.32. The molecule has 2 aromatic rings. The Balaban J connectivity index is 1.74. The van der Waals surface area contributed by atoms with Crippen molar-refractivity contribution in [3.8, 4) is 0 Å². The number of nitrogens with one attached hydrogen (secondary N) is 1. The van der Waals surface area contributed by atoms with E-state index < -0.39 is 4.92 Å². The summed E-state index contributed by atoms with van der Waals surface area (Å²) >= 11 is 0. The Morgan fingerprint density at radius 3 is 2.44 bits per heavy atom. The first-order chi connectivity index (χ1) is 13.1. The van der Waals surface area contributed by atoms with Gasteiger partial charge in [0, 0.05) is 38.4 Å². The largest absolute Gasteiger partial charge is 0.368 e. The number of piperazine rings is 1. The topological polar surface area (TPSA) is 87.4 Å². The molecule has 0 amide bonds. The normalized spacial score (nSPS) is 14.3. The second-order valence-corrected chi connectivity index (χ2v) is 6.38. The highest BCUT2D eigenvalue weighted by Gasteiger charge is 2.29. The number of nitrogens with zero attached hydrogens (tertiary/aromatic N) is 5. The monoisotopic (exact) mass is 374 g/mol. The van der Waals surface area contributed by atoms with Crippen molar-refractivity contribution in [3.05, 3.63) is 46.5 Å². The van der Waals surface area contributed by atoms with Gasteiger partial charge in [0.05, 0.1) is 4.92 Å². The molecule has 1 saturated heterocycles. The molecule has 0 spiro atoms. The fourth-order valence-corrected chi connectivity index (χ4v) is 3.11. The van der Waals surface area contributed by atoms with Gasteiger partial charge in [0.15, 0.2) is 0 Å². The second kappa shape index (κ2) is 8.61. The van der Waals surface area contributed by atoms with Gasteiger partial charge in [-0.15, -0.1) is 0 Å². The van der Waals surface area contributed by atoms with E-state index in [0.29, 0.717) is 38.5 Å². The fourth-order valence-electron chi connectivity index (χ4n) is 3.11. The minimum Gasteiger partial charge on any atom is -0.368 e. The summed E-state index contributed by atoms with van der Waals surface area (Å²) in [7, 11) is 0. The maximum atomic E-state index is 13.1. The molecule has 3 rings (SSSR count). The van der Waals surface area contributed by atoms with Crippen LogP contribution in [0.4, 0.5) is 27.4 Å². The van der Waals surface area contributed by atoms with Crippen molar-refractivity contribution in [1.82, 2.24) is 9.97 Å². The van der Waals surface area contributed by atoms with Crippen molar-refractivity contribution in [2.75, 3.05) is 47.8 Å². The van der Waals surface area contributed by atoms with Crippen LogP contribution in [-0.4, -0.2) is 47.6 Å². The summed E-state index contributed by atoms with van der Waals surface area (Å²) in [5.41, 5.74) is 0.860. The number of halogens is 1. The average Bonchev–Trinajstić information content (AvgIpc) is 2.68. The maximum absolute atomic E-state index is 13.1. The Kier molecular flexibility index (Phi) is 6.00. The molecule has 8 nitrogen and oxygen atoms in total. The molecule has 0 saturated carbocycles. The number of hydrogen-bond donors (Lipinski definition) is 1. The van der Waals surface area contributed by atoms with Crippen LogP contribution in [0.5, 0.6) is 0 Å². The third kappa shape index (κ3) is 4.42. The van der Waals surface area contributed by atoms with Crippen LogP contribution < -0.4 is 15.1 Å². The molecule has 1 aliphatic rings. The van der Waals surface area contributed by atoms with Crippen LogP contribution in [0.15, 0.2) is 30.6 Å². The van der Waals surface area contributed by atoms with E-state index in [2.05, 4.69) is 27.1 Å². The van der Waals surface area contributed by atoms with Gasteiger partial charge >= 0.3 is 5.69 Å². The van der Waals surface area contributed by atoms with Crippen LogP contribution in [0.1, 0.15) is 19.8 Å². The van der Waals surface area contributed by atoms with Gasteiger partial charge < -0.3 is 15.1 Å². The molecule has 0 unspecified atom stereocenters. The van der Waals surface area contributed by atoms with Crippen molar-refractivity contribution in [3.63, 3.8) is 0 Å². The van der Waals surface area contributed by atoms with E-state index in [0.717, 1.165) is 18.5 Å². The number of hydrogen-bond acceptors (Lipinski definition) is 7. The van der Waals surface area contributed by atoms with Crippen molar-refractivity contribution >= 4 is 23.0 Å². The number of rotatable bonds is 7. The first-order valence-corrected chi connectivity index (χ1v) is 9.09. The quantitative estimate of drug-likeness (QED) is 0.453. The Bertz CT molecular complexity index is 778. The minimum absolute atomic E-state index is 0.0798. The SMILES string of the molecule is CCCCNc1ncnc(N2CCN(c3ccc(F)cc3)CC2)c1[N+](=O)[O-]. The van der Waals surface area contributed by atoms with Gasteiger partial charge in [-0.25, -0.2) is 14.4 Å². The van der Waals surface area contributed by atoms with Crippen LogP contribution in [-0.2, 0) is 0 Å². The number of benzene rings is 1. The summed E-state index contributed by atoms with van der Waals surface area (Å²) in [6.07, 6.45) is 3.26. The van der Waals surface area contributed by atoms with Crippen molar-refractivity contribution in [1.29, 1.82) is 0 Å². The molecule has 1 aromatic heterocycles. The molecular weight excluding hydrogens is 351 g/mol. The Morgan fingerprint density at radius 1 is 1.15 bits per heavy atom. The fraction of sp³-hybridized carbons (Fsp3) is 0.444. The van der Waals surface area contributed by atoms with Crippen molar-refractivity contribution in [2.45, 2.75) is 19.8 Å². The highest BCUT2D eigenvalue weighted by atomic mass is 19.1. The van der Waals surface area contributed by atoms with Gasteiger partial charge in [-0.3, -0.25) is 10.1 Å². The predicted octanol–water partition coefficient (Wildman–Crippen LogP) is 3.06. The first kappa shape index (κ1) is 18.8. The second-order valence-electron chi connectivity index (χ2n) is 6.38. The molecule has 27 heavy (non-hydrogen) atoms. The Hall–Kier alpha value is -2.97. The highest BCUT2D eigenvalue weighted by molar-refractivity contribution is 5.70. The molecule has 1 aromatic carbocycles. The standard InChI is InChI=1S/C18H23FN6O2/c1-2-3-8-20-17-16(25(26)27)18(22-13-21-17)24-11-9-23(10-12-24)15-6-4-14(19)5-7-15/h4-7,13H,2-3,8-12H2,1H3,(H,20,21,22). The van der Waals surface area contributed by atoms with Crippen LogP contribution >= 0.6 is 0 Å². The Morgan fingerprint density at radius 2 is 1.81 bits per heavy atom. The van der Waals surface area contributed by atoms with Gasteiger partial charge in [-0.1, -0.05) is 13.3 Å². The van der Waals surface area contributed by atoms with E-state index in [1.807, 2.05) is 4.90 Å². The molecule has 1 aliphatic heterocycles. The van der Waals surface area contributed by atoms with Crippen LogP contribution in [0.2, 0.25) is 0 Å². The number of unbranched alkanes of at least 4 members (excludes halogenated alkanes) is 1. The third-order valence-corrected chi connectivity index (χ3v) is 4.58. The summed E-state index contributed by atoms with van der Waals surface area (Å²) in [6, 6.07) is 6.36. The number of nitro groups is 1. The van der Waals surface area contributed by atoms with Crippen LogP contribution in [0.25, 0.3) is 0 Å². The lowest BCUT2D eigenvalue weighted by Crippen LogP contribution is -2.47. The minimum atomic E-state index is -0.421. The van der Waals surface area contributed by atoms with Gasteiger partial charge in [0.1, 0.15) is 12.1 Å². The average molecular weight is 374 g/mol. The summed E-state index contributed by atoms with van der Waals surface area (Å²) < 4.78 is 13.1. The summed E-state index contributed by atoms with van der Waals surface area (Å²) in [6.45, 7) is 5.21. The van der Waals surface area contributed by atoms with Crippen molar-refractivity contribution in [2.24, 2.45) is 0 Å². The van der Waals surface area contributed by atoms with Gasteiger partial charge in [-0.2, -0.15) is 0 Å². The molecule has 0 radical (unpaired) electrons. The van der Waals surface area contributed by atoms with E-state index in [1.54, 1.807) is 12.1 Å². The molecule has 2 heterocycles. The van der Waals surface area contributed by atoms with Crippen molar-refractivity contribution < 1.29 is 9.31 Å². The predicted molar refractivity (Wildman–Crippen MR) is 103 cm³/mol. The Labute approximate surface area is 157 Å². The van der Waals surface area contributed by atoms with E-state index in [-0.39, 0.29) is 17.3 Å². The lowest BCUT2D eigenvalue weighted by Gasteiger charge is -2.36. The first-order valence-electron chi connectivity index (χ1n) is 9.09. The zero-order chi connectivity index (χ0) is 19.2. The van der Waals surface area contributed by atoms with E-state index in [1.165, 1.54) is 18.5 Å². The molecule has 9 heteroatoms. The summed E-state index contributed by atoms with van der Waals surface area (Å²) in [5, 5.41) is 14.7. The lowest BCUT2D eigenvalue weighted by atomic mass is 10.2. The maximum Gasteiger partial charge on any atom is 0.353 e. The van der Waals surface area contributed by atoms with Crippen LogP contribution in [0, 0.1) is 15.9 Å². The van der Waals surface area contributed by atoms with Gasteiger partial charge in [0.25, 0.3) is 0 Å². The molecule has 1 N–H and O–H groups in total.